The second-order valence-corrected chi connectivity index (χ2v) is 6.81. The van der Waals surface area contributed by atoms with Crippen molar-refractivity contribution < 1.29 is 9.59 Å². The minimum absolute atomic E-state index is 0.0327. The molecule has 6 heteroatoms. The predicted octanol–water partition coefficient (Wildman–Crippen LogP) is 2.60. The summed E-state index contributed by atoms with van der Waals surface area (Å²) in [6.45, 7) is 0. The van der Waals surface area contributed by atoms with Gasteiger partial charge in [-0.3, -0.25) is 9.59 Å². The Bertz CT molecular complexity index is 520. The van der Waals surface area contributed by atoms with Crippen LogP contribution in [-0.2, 0) is 4.79 Å². The quantitative estimate of drug-likeness (QED) is 0.733. The highest BCUT2D eigenvalue weighted by Crippen LogP contribution is 2.36. The van der Waals surface area contributed by atoms with Gasteiger partial charge in [0.05, 0.1) is 11.4 Å². The molecule has 0 radical (unpaired) electrons. The van der Waals surface area contributed by atoms with Crippen molar-refractivity contribution in [3.8, 4) is 0 Å². The summed E-state index contributed by atoms with van der Waals surface area (Å²) in [5.41, 5.74) is 0.628. The summed E-state index contributed by atoms with van der Waals surface area (Å²) in [6.07, 6.45) is 0. The van der Waals surface area contributed by atoms with Crippen LogP contribution >= 0.6 is 39.5 Å². The van der Waals surface area contributed by atoms with Crippen LogP contribution in [0.2, 0.25) is 0 Å². The number of rotatable bonds is 0. The summed E-state index contributed by atoms with van der Waals surface area (Å²) in [7, 11) is 0. The van der Waals surface area contributed by atoms with E-state index in [1.807, 2.05) is 12.1 Å². The maximum Gasteiger partial charge on any atom is 0.256 e. The van der Waals surface area contributed by atoms with E-state index >= 15 is 0 Å². The summed E-state index contributed by atoms with van der Waals surface area (Å²) in [5.74, 6) is 1.30. The van der Waals surface area contributed by atoms with Gasteiger partial charge >= 0.3 is 0 Å². The molecule has 0 aromatic heterocycles. The molecular weight excluding hydrogens is 322 g/mol. The maximum atomic E-state index is 12.3. The van der Waals surface area contributed by atoms with E-state index in [1.165, 1.54) is 11.8 Å². The molecule has 1 aromatic carbocycles. The molecule has 1 aromatic rings. The first kappa shape index (κ1) is 11.6. The number of halogens is 1. The van der Waals surface area contributed by atoms with Gasteiger partial charge in [0, 0.05) is 15.1 Å². The van der Waals surface area contributed by atoms with E-state index in [1.54, 1.807) is 22.7 Å². The van der Waals surface area contributed by atoms with Crippen LogP contribution in [0.4, 0.5) is 0 Å². The average molecular weight is 330 g/mol. The second-order valence-electron chi connectivity index (χ2n) is 3.85. The fourth-order valence-electron chi connectivity index (χ4n) is 1.93. The molecule has 3 nitrogen and oxygen atoms in total. The van der Waals surface area contributed by atoms with Crippen LogP contribution in [0, 0.1) is 0 Å². The fourth-order valence-corrected chi connectivity index (χ4v) is 4.50. The SMILES string of the molecule is O=C1Sc2ccc(Br)cc2C(=O)N2CSC[C@H]12. The van der Waals surface area contributed by atoms with Crippen LogP contribution < -0.4 is 0 Å². The average Bonchev–Trinajstić information content (AvgIpc) is 2.76. The summed E-state index contributed by atoms with van der Waals surface area (Å²) in [4.78, 5) is 26.8. The third-order valence-electron chi connectivity index (χ3n) is 2.80. The number of hydrogen-bond donors (Lipinski definition) is 0. The van der Waals surface area contributed by atoms with Gasteiger partial charge in [0.1, 0.15) is 6.04 Å². The molecule has 1 atom stereocenters. The highest BCUT2D eigenvalue weighted by atomic mass is 79.9. The summed E-state index contributed by atoms with van der Waals surface area (Å²) in [5, 5.41) is 0.0735. The Morgan fingerprint density at radius 1 is 1.35 bits per heavy atom. The Balaban J connectivity index is 2.12. The minimum atomic E-state index is -0.260. The van der Waals surface area contributed by atoms with Crippen LogP contribution in [0.25, 0.3) is 0 Å². The first-order valence-electron chi connectivity index (χ1n) is 5.07. The van der Waals surface area contributed by atoms with Gasteiger partial charge in [-0.15, -0.1) is 11.8 Å². The van der Waals surface area contributed by atoms with Crippen LogP contribution in [0.1, 0.15) is 10.4 Å². The molecule has 0 aliphatic carbocycles. The van der Waals surface area contributed by atoms with Crippen LogP contribution in [0.3, 0.4) is 0 Å². The van der Waals surface area contributed by atoms with Crippen molar-refractivity contribution in [3.63, 3.8) is 0 Å². The van der Waals surface area contributed by atoms with Gasteiger partial charge in [0.25, 0.3) is 5.91 Å². The van der Waals surface area contributed by atoms with Crippen LogP contribution in [0.15, 0.2) is 27.6 Å². The maximum absolute atomic E-state index is 12.3. The van der Waals surface area contributed by atoms with Crippen molar-refractivity contribution in [2.24, 2.45) is 0 Å². The Morgan fingerprint density at radius 2 is 2.18 bits per heavy atom. The zero-order chi connectivity index (χ0) is 12.0. The monoisotopic (exact) mass is 329 g/mol. The fraction of sp³-hybridized carbons (Fsp3) is 0.273. The van der Waals surface area contributed by atoms with E-state index in [0.717, 1.165) is 9.37 Å². The van der Waals surface area contributed by atoms with Crippen LogP contribution in [0.5, 0.6) is 0 Å². The zero-order valence-electron chi connectivity index (χ0n) is 8.68. The van der Waals surface area contributed by atoms with Gasteiger partial charge < -0.3 is 4.90 Å². The topological polar surface area (TPSA) is 37.4 Å². The van der Waals surface area contributed by atoms with Crippen molar-refractivity contribution in [2.45, 2.75) is 10.9 Å². The minimum Gasteiger partial charge on any atom is -0.318 e. The second kappa shape index (κ2) is 4.33. The number of hydrogen-bond acceptors (Lipinski definition) is 4. The Labute approximate surface area is 115 Å². The van der Waals surface area contributed by atoms with Gasteiger partial charge in [-0.2, -0.15) is 0 Å². The van der Waals surface area contributed by atoms with Crippen molar-refractivity contribution in [3.05, 3.63) is 28.2 Å². The Morgan fingerprint density at radius 3 is 3.00 bits per heavy atom. The van der Waals surface area contributed by atoms with E-state index in [9.17, 15) is 9.59 Å². The smallest absolute Gasteiger partial charge is 0.256 e. The molecule has 1 saturated heterocycles. The molecule has 0 bridgehead atoms. The predicted molar refractivity (Wildman–Crippen MR) is 72.3 cm³/mol. The molecule has 0 saturated carbocycles. The summed E-state index contributed by atoms with van der Waals surface area (Å²) < 4.78 is 0.864. The Kier molecular flexibility index (Phi) is 2.96. The molecule has 1 fully saturated rings. The number of benzene rings is 1. The lowest BCUT2D eigenvalue weighted by Crippen LogP contribution is -2.39. The van der Waals surface area contributed by atoms with Crippen molar-refractivity contribution in [1.29, 1.82) is 0 Å². The van der Waals surface area contributed by atoms with Gasteiger partial charge in [-0.05, 0) is 30.0 Å². The molecule has 0 spiro atoms. The number of carbonyl (C=O) groups is 2. The van der Waals surface area contributed by atoms with Crippen molar-refractivity contribution in [1.82, 2.24) is 4.90 Å². The lowest BCUT2D eigenvalue weighted by Gasteiger charge is -2.19. The molecule has 88 valence electrons. The van der Waals surface area contributed by atoms with Gasteiger partial charge in [0.15, 0.2) is 0 Å². The summed E-state index contributed by atoms with van der Waals surface area (Å²) >= 11 is 6.18. The zero-order valence-corrected chi connectivity index (χ0v) is 11.9. The van der Waals surface area contributed by atoms with E-state index in [2.05, 4.69) is 15.9 Å². The molecule has 2 aliphatic heterocycles. The normalized spacial score (nSPS) is 23.4. The lowest BCUT2D eigenvalue weighted by atomic mass is 10.2. The number of fused-ring (bicyclic) bond motifs is 2. The largest absolute Gasteiger partial charge is 0.318 e. The molecule has 0 unspecified atom stereocenters. The van der Waals surface area contributed by atoms with Crippen molar-refractivity contribution in [2.75, 3.05) is 11.6 Å². The number of thioether (sulfide) groups is 2. The molecule has 1 amide bonds. The molecule has 3 rings (SSSR count). The van der Waals surface area contributed by atoms with E-state index < -0.39 is 0 Å². The van der Waals surface area contributed by atoms with E-state index in [4.69, 9.17) is 0 Å². The van der Waals surface area contributed by atoms with E-state index in [0.29, 0.717) is 17.2 Å². The molecule has 0 N–H and O–H groups in total. The van der Waals surface area contributed by atoms with Crippen molar-refractivity contribution >= 4 is 50.5 Å². The number of nitrogens with zero attached hydrogens (tertiary/aromatic N) is 1. The van der Waals surface area contributed by atoms with Gasteiger partial charge in [-0.25, -0.2) is 0 Å². The van der Waals surface area contributed by atoms with Gasteiger partial charge in [-0.1, -0.05) is 15.9 Å². The Hall–Kier alpha value is -0.460. The summed E-state index contributed by atoms with van der Waals surface area (Å²) in [6, 6.07) is 5.22. The number of carbonyl (C=O) groups excluding carboxylic acids is 2. The van der Waals surface area contributed by atoms with Gasteiger partial charge in [0.2, 0.25) is 5.12 Å². The standard InChI is InChI=1S/C11H8BrNO2S2/c12-6-1-2-9-7(3-6)10(14)13-5-16-4-8(13)11(15)17-9/h1-3,8H,4-5H2/t8-/m1/s1. The third-order valence-corrected chi connectivity index (χ3v) is 5.35. The highest BCUT2D eigenvalue weighted by Gasteiger charge is 2.39. The first-order valence-corrected chi connectivity index (χ1v) is 7.83. The van der Waals surface area contributed by atoms with Crippen LogP contribution in [-0.4, -0.2) is 33.6 Å². The highest BCUT2D eigenvalue weighted by molar-refractivity contribution is 9.10. The molecule has 2 aliphatic rings. The lowest BCUT2D eigenvalue weighted by molar-refractivity contribution is -0.113. The third kappa shape index (κ3) is 1.92. The molecular formula is C11H8BrNO2S2. The number of amides is 1. The molecule has 17 heavy (non-hydrogen) atoms. The first-order chi connectivity index (χ1) is 8.16. The molecule has 2 heterocycles. The van der Waals surface area contributed by atoms with E-state index in [-0.39, 0.29) is 17.1 Å².